The van der Waals surface area contributed by atoms with E-state index in [2.05, 4.69) is 54.0 Å². The average Bonchev–Trinajstić information content (AvgIpc) is 2.63. The summed E-state index contributed by atoms with van der Waals surface area (Å²) in [7, 11) is 3.78. The molecule has 16 heavy (non-hydrogen) atoms. The highest BCUT2D eigenvalue weighted by atomic mass is 127. The fourth-order valence-corrected chi connectivity index (χ4v) is 2.39. The molecule has 0 aliphatic carbocycles. The minimum Gasteiger partial charge on any atom is -0.357 e. The Morgan fingerprint density at radius 1 is 1.38 bits per heavy atom. The molecule has 1 heterocycles. The number of hydrogen-bond donors (Lipinski definition) is 1. The first-order valence-corrected chi connectivity index (χ1v) is 6.53. The molecule has 0 spiro atoms. The van der Waals surface area contributed by atoms with E-state index in [1.54, 1.807) is 0 Å². The Kier molecular flexibility index (Phi) is 3.48. The molecule has 1 aromatic heterocycles. The molecule has 1 aromatic carbocycles. The number of anilines is 1. The maximum Gasteiger partial charge on any atom is 0.224 e. The Labute approximate surface area is 116 Å². The van der Waals surface area contributed by atoms with Crippen molar-refractivity contribution in [1.82, 2.24) is 14.8 Å². The zero-order valence-electron chi connectivity index (χ0n) is 8.83. The van der Waals surface area contributed by atoms with Crippen LogP contribution in [0.25, 0.3) is 11.4 Å². The number of nitrogens with one attached hydrogen (secondary N) is 1. The Balaban J connectivity index is 2.58. The average molecular weight is 393 g/mol. The maximum absolute atomic E-state index is 4.18. The third kappa shape index (κ3) is 2.08. The number of halogens is 2. The predicted molar refractivity (Wildman–Crippen MR) is 76.4 cm³/mol. The molecule has 84 valence electrons. The fourth-order valence-electron chi connectivity index (χ4n) is 1.45. The number of rotatable bonds is 2. The van der Waals surface area contributed by atoms with Crippen LogP contribution in [0.15, 0.2) is 22.7 Å². The Bertz CT molecular complexity index is 524. The van der Waals surface area contributed by atoms with E-state index in [-0.39, 0.29) is 0 Å². The first-order valence-electron chi connectivity index (χ1n) is 4.66. The monoisotopic (exact) mass is 392 g/mol. The van der Waals surface area contributed by atoms with E-state index in [0.29, 0.717) is 0 Å². The molecular weight excluding hydrogens is 383 g/mol. The molecule has 0 bridgehead atoms. The van der Waals surface area contributed by atoms with Gasteiger partial charge in [-0.05, 0) is 40.8 Å². The lowest BCUT2D eigenvalue weighted by atomic mass is 10.2. The number of aromatic nitrogens is 3. The predicted octanol–water partition coefficient (Wildman–Crippen LogP) is 2.89. The van der Waals surface area contributed by atoms with Crippen molar-refractivity contribution in [2.75, 3.05) is 12.4 Å². The molecule has 0 saturated carbocycles. The summed E-state index contributed by atoms with van der Waals surface area (Å²) in [5, 5.41) is 11.2. The normalized spacial score (nSPS) is 10.5. The van der Waals surface area contributed by atoms with Crippen LogP contribution in [0.3, 0.4) is 0 Å². The molecule has 1 N–H and O–H groups in total. The first kappa shape index (κ1) is 11.8. The van der Waals surface area contributed by atoms with Crippen LogP contribution < -0.4 is 5.32 Å². The minimum absolute atomic E-state index is 0.755. The third-order valence-electron chi connectivity index (χ3n) is 2.27. The van der Waals surface area contributed by atoms with Crippen molar-refractivity contribution in [3.05, 3.63) is 26.2 Å². The molecule has 0 radical (unpaired) electrons. The second-order valence-electron chi connectivity index (χ2n) is 3.28. The summed E-state index contributed by atoms with van der Waals surface area (Å²) in [6, 6.07) is 6.11. The van der Waals surface area contributed by atoms with Crippen molar-refractivity contribution in [3.8, 4) is 11.4 Å². The van der Waals surface area contributed by atoms with Gasteiger partial charge in [-0.2, -0.15) is 0 Å². The molecular formula is C10H10BrIN4. The lowest BCUT2D eigenvalue weighted by Crippen LogP contribution is -2.00. The summed E-state index contributed by atoms with van der Waals surface area (Å²) in [5.74, 6) is 1.61. The van der Waals surface area contributed by atoms with Gasteiger partial charge in [-0.1, -0.05) is 15.9 Å². The molecule has 0 aliphatic heterocycles. The van der Waals surface area contributed by atoms with Gasteiger partial charge in [0, 0.05) is 27.7 Å². The Hall–Kier alpha value is -0.630. The SMILES string of the molecule is CNc1nnc(-c2cc(Br)ccc2I)n1C. The number of hydrogen-bond acceptors (Lipinski definition) is 3. The second-order valence-corrected chi connectivity index (χ2v) is 5.36. The summed E-state index contributed by atoms with van der Waals surface area (Å²) in [5.41, 5.74) is 1.08. The Morgan fingerprint density at radius 2 is 2.12 bits per heavy atom. The largest absolute Gasteiger partial charge is 0.357 e. The quantitative estimate of drug-likeness (QED) is 0.799. The van der Waals surface area contributed by atoms with Gasteiger partial charge in [0.05, 0.1) is 0 Å². The highest BCUT2D eigenvalue weighted by Gasteiger charge is 2.12. The van der Waals surface area contributed by atoms with E-state index in [9.17, 15) is 0 Å². The lowest BCUT2D eigenvalue weighted by molar-refractivity contribution is 0.924. The van der Waals surface area contributed by atoms with Crippen LogP contribution in [0.5, 0.6) is 0 Å². The van der Waals surface area contributed by atoms with Crippen LogP contribution in [-0.4, -0.2) is 21.8 Å². The van der Waals surface area contributed by atoms with Gasteiger partial charge in [0.25, 0.3) is 0 Å². The highest BCUT2D eigenvalue weighted by Crippen LogP contribution is 2.27. The molecule has 0 amide bonds. The van der Waals surface area contributed by atoms with Crippen LogP contribution in [0.2, 0.25) is 0 Å². The topological polar surface area (TPSA) is 42.7 Å². The van der Waals surface area contributed by atoms with E-state index in [1.807, 2.05) is 36.9 Å². The van der Waals surface area contributed by atoms with E-state index in [4.69, 9.17) is 0 Å². The van der Waals surface area contributed by atoms with E-state index in [0.717, 1.165) is 25.4 Å². The molecule has 0 atom stereocenters. The van der Waals surface area contributed by atoms with Gasteiger partial charge in [-0.15, -0.1) is 10.2 Å². The zero-order chi connectivity index (χ0) is 11.7. The van der Waals surface area contributed by atoms with E-state index < -0.39 is 0 Å². The summed E-state index contributed by atoms with van der Waals surface area (Å²) in [6.45, 7) is 0. The van der Waals surface area contributed by atoms with Crippen molar-refractivity contribution >= 4 is 44.5 Å². The van der Waals surface area contributed by atoms with E-state index >= 15 is 0 Å². The fraction of sp³-hybridized carbons (Fsp3) is 0.200. The molecule has 0 unspecified atom stereocenters. The second kappa shape index (κ2) is 4.70. The molecule has 0 saturated heterocycles. The van der Waals surface area contributed by atoms with Crippen molar-refractivity contribution in [2.24, 2.45) is 7.05 Å². The minimum atomic E-state index is 0.755. The van der Waals surface area contributed by atoms with Crippen LogP contribution in [-0.2, 0) is 7.05 Å². The zero-order valence-corrected chi connectivity index (χ0v) is 12.6. The van der Waals surface area contributed by atoms with Crippen LogP contribution >= 0.6 is 38.5 Å². The highest BCUT2D eigenvalue weighted by molar-refractivity contribution is 14.1. The summed E-state index contributed by atoms with van der Waals surface area (Å²) >= 11 is 5.76. The van der Waals surface area contributed by atoms with Gasteiger partial charge < -0.3 is 5.32 Å². The lowest BCUT2D eigenvalue weighted by Gasteiger charge is -2.05. The van der Waals surface area contributed by atoms with Gasteiger partial charge in [-0.3, -0.25) is 4.57 Å². The molecule has 4 nitrogen and oxygen atoms in total. The standard InChI is InChI=1S/C10H10BrIN4/c1-13-10-15-14-9(16(10)2)7-5-6(11)3-4-8(7)12/h3-5H,1-2H3,(H,13,15). The number of nitrogens with zero attached hydrogens (tertiary/aromatic N) is 3. The van der Waals surface area contributed by atoms with Crippen molar-refractivity contribution in [1.29, 1.82) is 0 Å². The Morgan fingerprint density at radius 3 is 2.75 bits per heavy atom. The molecule has 2 aromatic rings. The van der Waals surface area contributed by atoms with Gasteiger partial charge in [0.15, 0.2) is 5.82 Å². The summed E-state index contributed by atoms with van der Waals surface area (Å²) < 4.78 is 4.13. The molecule has 2 rings (SSSR count). The van der Waals surface area contributed by atoms with Crippen LogP contribution in [0.4, 0.5) is 5.95 Å². The van der Waals surface area contributed by atoms with Gasteiger partial charge in [-0.25, -0.2) is 0 Å². The first-order chi connectivity index (χ1) is 7.63. The van der Waals surface area contributed by atoms with Crippen molar-refractivity contribution < 1.29 is 0 Å². The molecule has 0 fully saturated rings. The van der Waals surface area contributed by atoms with E-state index in [1.165, 1.54) is 0 Å². The van der Waals surface area contributed by atoms with Crippen LogP contribution in [0, 0.1) is 3.57 Å². The van der Waals surface area contributed by atoms with Crippen molar-refractivity contribution in [3.63, 3.8) is 0 Å². The number of benzene rings is 1. The maximum atomic E-state index is 4.18. The van der Waals surface area contributed by atoms with Gasteiger partial charge in [0.1, 0.15) is 0 Å². The van der Waals surface area contributed by atoms with Crippen LogP contribution in [0.1, 0.15) is 0 Å². The van der Waals surface area contributed by atoms with Crippen molar-refractivity contribution in [2.45, 2.75) is 0 Å². The summed E-state index contributed by atoms with van der Waals surface area (Å²) in [6.07, 6.45) is 0. The smallest absolute Gasteiger partial charge is 0.224 e. The molecule has 0 aliphatic rings. The third-order valence-corrected chi connectivity index (χ3v) is 3.70. The van der Waals surface area contributed by atoms with Gasteiger partial charge in [0.2, 0.25) is 5.95 Å². The molecule has 6 heteroatoms. The van der Waals surface area contributed by atoms with Gasteiger partial charge >= 0.3 is 0 Å². The summed E-state index contributed by atoms with van der Waals surface area (Å²) in [4.78, 5) is 0.